The van der Waals surface area contributed by atoms with Crippen LogP contribution in [0.2, 0.25) is 0 Å². The van der Waals surface area contributed by atoms with E-state index in [9.17, 15) is 18.0 Å². The number of ketones is 1. The number of thiophene rings is 1. The number of hydrogen-bond donors (Lipinski definition) is 1. The molecule has 2 rings (SSSR count). The highest BCUT2D eigenvalue weighted by atomic mass is 32.1. The Morgan fingerprint density at radius 3 is 2.57 bits per heavy atom. The molecule has 1 aromatic carbocycles. The second-order valence-corrected chi connectivity index (χ2v) is 5.90. The molecule has 1 unspecified atom stereocenters. The van der Waals surface area contributed by atoms with Crippen LogP contribution in [-0.2, 0) is 12.6 Å². The first kappa shape index (κ1) is 15.7. The Bertz CT molecular complexity index is 646. The first-order valence-electron chi connectivity index (χ1n) is 6.32. The zero-order valence-electron chi connectivity index (χ0n) is 11.3. The number of alkyl halides is 3. The molecule has 1 atom stereocenters. The summed E-state index contributed by atoms with van der Waals surface area (Å²) in [6.45, 7) is 1.81. The topological polar surface area (TPSA) is 43.1 Å². The molecule has 0 saturated carbocycles. The standard InChI is InChI=1S/C15H14F3NOS/c1-9(19)13-5-6-14(21-13)12(20)8-10-3-2-4-11(7-10)15(16,17)18/h2-7,9H,8,19H2,1H3. The second-order valence-electron chi connectivity index (χ2n) is 4.79. The van der Waals surface area contributed by atoms with Crippen LogP contribution in [0.15, 0.2) is 36.4 Å². The molecule has 2 aromatic rings. The van der Waals surface area contributed by atoms with Crippen LogP contribution in [0.5, 0.6) is 0 Å². The summed E-state index contributed by atoms with van der Waals surface area (Å²) in [6.07, 6.45) is -4.45. The fraction of sp³-hybridized carbons (Fsp3) is 0.267. The number of rotatable bonds is 4. The lowest BCUT2D eigenvalue weighted by Gasteiger charge is -2.08. The molecule has 112 valence electrons. The van der Waals surface area contributed by atoms with Gasteiger partial charge in [0.05, 0.1) is 10.4 Å². The third kappa shape index (κ3) is 3.92. The van der Waals surface area contributed by atoms with Crippen molar-refractivity contribution in [3.05, 3.63) is 57.3 Å². The third-order valence-corrected chi connectivity index (χ3v) is 4.30. The quantitative estimate of drug-likeness (QED) is 0.859. The molecule has 0 aliphatic heterocycles. The van der Waals surface area contributed by atoms with Crippen molar-refractivity contribution < 1.29 is 18.0 Å². The van der Waals surface area contributed by atoms with Crippen LogP contribution in [0.1, 0.15) is 38.6 Å². The molecule has 0 amide bonds. The van der Waals surface area contributed by atoms with Crippen molar-refractivity contribution in [1.82, 2.24) is 0 Å². The van der Waals surface area contributed by atoms with Gasteiger partial charge in [-0.25, -0.2) is 0 Å². The molecule has 0 radical (unpaired) electrons. The maximum atomic E-state index is 12.6. The number of carbonyl (C=O) groups excluding carboxylic acids is 1. The SMILES string of the molecule is CC(N)c1ccc(C(=O)Cc2cccc(C(F)(F)F)c2)s1. The van der Waals surface area contributed by atoms with Gasteiger partial charge in [-0.3, -0.25) is 4.79 Å². The molecule has 0 saturated heterocycles. The van der Waals surface area contributed by atoms with Crippen LogP contribution >= 0.6 is 11.3 Å². The summed E-state index contributed by atoms with van der Waals surface area (Å²) < 4.78 is 37.9. The third-order valence-electron chi connectivity index (χ3n) is 2.97. The van der Waals surface area contributed by atoms with E-state index in [0.29, 0.717) is 10.4 Å². The number of carbonyl (C=O) groups is 1. The molecule has 1 heterocycles. The summed E-state index contributed by atoms with van der Waals surface area (Å²) in [7, 11) is 0. The van der Waals surface area contributed by atoms with Crippen LogP contribution in [0.4, 0.5) is 13.2 Å². The Balaban J connectivity index is 2.15. The minimum atomic E-state index is -4.40. The molecular formula is C15H14F3NOS. The van der Waals surface area contributed by atoms with Gasteiger partial charge in [0, 0.05) is 17.3 Å². The number of nitrogens with two attached hydrogens (primary N) is 1. The van der Waals surface area contributed by atoms with Gasteiger partial charge < -0.3 is 5.73 Å². The van der Waals surface area contributed by atoms with Gasteiger partial charge in [-0.15, -0.1) is 11.3 Å². The van der Waals surface area contributed by atoms with Gasteiger partial charge in [-0.2, -0.15) is 13.2 Å². The average molecular weight is 313 g/mol. The van der Waals surface area contributed by atoms with Crippen LogP contribution in [-0.4, -0.2) is 5.78 Å². The van der Waals surface area contributed by atoms with Crippen molar-refractivity contribution in [2.45, 2.75) is 25.6 Å². The molecule has 0 fully saturated rings. The maximum absolute atomic E-state index is 12.6. The highest BCUT2D eigenvalue weighted by molar-refractivity contribution is 7.14. The monoisotopic (exact) mass is 313 g/mol. The Kier molecular flexibility index (Phi) is 4.49. The van der Waals surface area contributed by atoms with E-state index in [0.717, 1.165) is 17.0 Å². The van der Waals surface area contributed by atoms with Gasteiger partial charge >= 0.3 is 6.18 Å². The zero-order valence-corrected chi connectivity index (χ0v) is 12.1. The predicted octanol–water partition coefficient (Wildman–Crippen LogP) is 4.21. The normalized spacial score (nSPS) is 13.2. The Morgan fingerprint density at radius 2 is 2.00 bits per heavy atom. The average Bonchev–Trinajstić information content (AvgIpc) is 2.88. The number of benzene rings is 1. The fourth-order valence-electron chi connectivity index (χ4n) is 1.88. The van der Waals surface area contributed by atoms with Gasteiger partial charge in [0.1, 0.15) is 0 Å². The molecule has 0 aliphatic rings. The summed E-state index contributed by atoms with van der Waals surface area (Å²) in [5.74, 6) is -0.203. The van der Waals surface area contributed by atoms with Crippen molar-refractivity contribution in [3.8, 4) is 0 Å². The highest BCUT2D eigenvalue weighted by Crippen LogP contribution is 2.30. The van der Waals surface area contributed by atoms with E-state index in [2.05, 4.69) is 0 Å². The van der Waals surface area contributed by atoms with E-state index in [1.165, 1.54) is 23.5 Å². The van der Waals surface area contributed by atoms with E-state index in [1.54, 1.807) is 12.1 Å². The molecule has 21 heavy (non-hydrogen) atoms. The van der Waals surface area contributed by atoms with Crippen LogP contribution in [0, 0.1) is 0 Å². The summed E-state index contributed by atoms with van der Waals surface area (Å²) in [5, 5.41) is 0. The Morgan fingerprint density at radius 1 is 1.29 bits per heavy atom. The summed E-state index contributed by atoms with van der Waals surface area (Å²) in [4.78, 5) is 13.5. The number of Topliss-reactive ketones (excluding diaryl/α,β-unsaturated/α-hetero) is 1. The maximum Gasteiger partial charge on any atom is 0.416 e. The Hall–Kier alpha value is -1.66. The fourth-order valence-corrected chi connectivity index (χ4v) is 2.78. The lowest BCUT2D eigenvalue weighted by molar-refractivity contribution is -0.137. The van der Waals surface area contributed by atoms with E-state index in [1.807, 2.05) is 6.92 Å². The van der Waals surface area contributed by atoms with Crippen molar-refractivity contribution in [3.63, 3.8) is 0 Å². The molecular weight excluding hydrogens is 299 g/mol. The molecule has 1 aromatic heterocycles. The lowest BCUT2D eigenvalue weighted by Crippen LogP contribution is -2.07. The first-order chi connectivity index (χ1) is 9.77. The van der Waals surface area contributed by atoms with Gasteiger partial charge in [0.15, 0.2) is 5.78 Å². The van der Waals surface area contributed by atoms with E-state index < -0.39 is 11.7 Å². The number of hydrogen-bond acceptors (Lipinski definition) is 3. The van der Waals surface area contributed by atoms with Crippen LogP contribution < -0.4 is 5.73 Å². The van der Waals surface area contributed by atoms with Crippen molar-refractivity contribution in [2.75, 3.05) is 0 Å². The van der Waals surface area contributed by atoms with Gasteiger partial charge in [0.2, 0.25) is 0 Å². The predicted molar refractivity (Wildman–Crippen MR) is 76.4 cm³/mol. The molecule has 2 N–H and O–H groups in total. The van der Waals surface area contributed by atoms with Gasteiger partial charge in [-0.1, -0.05) is 18.2 Å². The van der Waals surface area contributed by atoms with Crippen molar-refractivity contribution in [1.29, 1.82) is 0 Å². The van der Waals surface area contributed by atoms with Gasteiger partial charge in [0.25, 0.3) is 0 Å². The van der Waals surface area contributed by atoms with E-state index >= 15 is 0 Å². The summed E-state index contributed by atoms with van der Waals surface area (Å²) in [5.41, 5.74) is 5.33. The summed E-state index contributed by atoms with van der Waals surface area (Å²) in [6, 6.07) is 8.12. The van der Waals surface area contributed by atoms with E-state index in [-0.39, 0.29) is 18.2 Å². The largest absolute Gasteiger partial charge is 0.416 e. The zero-order chi connectivity index (χ0) is 15.6. The first-order valence-corrected chi connectivity index (χ1v) is 7.13. The molecule has 2 nitrogen and oxygen atoms in total. The van der Waals surface area contributed by atoms with Crippen LogP contribution in [0.25, 0.3) is 0 Å². The lowest BCUT2D eigenvalue weighted by atomic mass is 10.0. The van der Waals surface area contributed by atoms with Crippen LogP contribution in [0.3, 0.4) is 0 Å². The van der Waals surface area contributed by atoms with E-state index in [4.69, 9.17) is 5.73 Å². The summed E-state index contributed by atoms with van der Waals surface area (Å²) >= 11 is 1.28. The molecule has 0 bridgehead atoms. The molecule has 0 aliphatic carbocycles. The van der Waals surface area contributed by atoms with Gasteiger partial charge in [-0.05, 0) is 30.7 Å². The minimum absolute atomic E-state index is 0.0528. The van der Waals surface area contributed by atoms with Crippen molar-refractivity contribution in [2.24, 2.45) is 5.73 Å². The van der Waals surface area contributed by atoms with Crippen molar-refractivity contribution >= 4 is 17.1 Å². The highest BCUT2D eigenvalue weighted by Gasteiger charge is 2.30. The smallest absolute Gasteiger partial charge is 0.324 e. The second kappa shape index (κ2) is 5.99. The minimum Gasteiger partial charge on any atom is -0.324 e. The molecule has 0 spiro atoms. The Labute approximate surface area is 124 Å². The molecule has 6 heteroatoms. The number of halogens is 3.